The van der Waals surface area contributed by atoms with E-state index in [0.29, 0.717) is 28.2 Å². The Morgan fingerprint density at radius 2 is 1.85 bits per heavy atom. The molecule has 1 aromatic heterocycles. The van der Waals surface area contributed by atoms with Gasteiger partial charge in [0.05, 0.1) is 17.1 Å². The summed E-state index contributed by atoms with van der Waals surface area (Å²) in [5.41, 5.74) is 2.68. The molecule has 0 unspecified atom stereocenters. The number of nitrogens with zero attached hydrogens (tertiary/aromatic N) is 2. The van der Waals surface area contributed by atoms with Gasteiger partial charge in [-0.25, -0.2) is 9.48 Å². The zero-order valence-corrected chi connectivity index (χ0v) is 14.1. The Hall–Kier alpha value is -3.22. The van der Waals surface area contributed by atoms with Crippen LogP contribution in [0.4, 0.5) is 8.78 Å². The van der Waals surface area contributed by atoms with Crippen molar-refractivity contribution in [2.45, 2.75) is 20.5 Å². The average Bonchev–Trinajstić information content (AvgIpc) is 2.90. The highest BCUT2D eigenvalue weighted by Gasteiger charge is 2.20. The lowest BCUT2D eigenvalue weighted by Gasteiger charge is -2.13. The highest BCUT2D eigenvalue weighted by atomic mass is 19.3. The molecule has 0 atom stereocenters. The van der Waals surface area contributed by atoms with Crippen molar-refractivity contribution in [3.8, 4) is 22.6 Å². The van der Waals surface area contributed by atoms with E-state index in [0.717, 1.165) is 0 Å². The van der Waals surface area contributed by atoms with Gasteiger partial charge in [0, 0.05) is 5.56 Å². The van der Waals surface area contributed by atoms with Gasteiger partial charge >= 0.3 is 12.6 Å². The predicted molar refractivity (Wildman–Crippen MR) is 92.1 cm³/mol. The lowest BCUT2D eigenvalue weighted by Crippen LogP contribution is -2.05. The third-order valence-corrected chi connectivity index (χ3v) is 4.01. The van der Waals surface area contributed by atoms with Crippen LogP contribution in [-0.4, -0.2) is 27.5 Å². The molecule has 0 aliphatic carbocycles. The maximum absolute atomic E-state index is 12.7. The third kappa shape index (κ3) is 3.28. The van der Waals surface area contributed by atoms with Crippen molar-refractivity contribution in [1.82, 2.24) is 9.78 Å². The minimum absolute atomic E-state index is 0.0370. The minimum atomic E-state index is -2.95. The van der Waals surface area contributed by atoms with Gasteiger partial charge in [-0.1, -0.05) is 30.3 Å². The monoisotopic (exact) mass is 358 g/mol. The first-order valence-electron chi connectivity index (χ1n) is 7.82. The number of aryl methyl sites for hydroxylation is 1. The van der Waals surface area contributed by atoms with Gasteiger partial charge in [-0.3, -0.25) is 0 Å². The summed E-state index contributed by atoms with van der Waals surface area (Å²) in [4.78, 5) is 11.4. The molecule has 1 N–H and O–H groups in total. The second-order valence-electron chi connectivity index (χ2n) is 5.69. The van der Waals surface area contributed by atoms with Crippen LogP contribution < -0.4 is 4.74 Å². The van der Waals surface area contributed by atoms with E-state index in [9.17, 15) is 18.7 Å². The van der Waals surface area contributed by atoms with Crippen LogP contribution in [0.15, 0.2) is 48.5 Å². The molecule has 3 aromatic rings. The van der Waals surface area contributed by atoms with E-state index < -0.39 is 12.6 Å². The van der Waals surface area contributed by atoms with Crippen LogP contribution in [-0.2, 0) is 0 Å². The molecule has 0 amide bonds. The number of halogens is 2. The molecule has 0 aliphatic heterocycles. The van der Waals surface area contributed by atoms with Gasteiger partial charge in [-0.15, -0.1) is 0 Å². The summed E-state index contributed by atoms with van der Waals surface area (Å²) < 4.78 is 31.6. The topological polar surface area (TPSA) is 64.4 Å². The molecule has 2 aromatic carbocycles. The second kappa shape index (κ2) is 6.95. The summed E-state index contributed by atoms with van der Waals surface area (Å²) in [6.45, 7) is 0.310. The highest BCUT2D eigenvalue weighted by molar-refractivity contribution is 5.90. The van der Waals surface area contributed by atoms with E-state index in [1.807, 2.05) is 6.07 Å². The summed E-state index contributed by atoms with van der Waals surface area (Å²) >= 11 is 0. The molecule has 0 saturated carbocycles. The Labute approximate surface area is 148 Å². The smallest absolute Gasteiger partial charge is 0.387 e. The van der Waals surface area contributed by atoms with Gasteiger partial charge < -0.3 is 9.84 Å². The van der Waals surface area contributed by atoms with Crippen molar-refractivity contribution in [1.29, 1.82) is 0 Å². The lowest BCUT2D eigenvalue weighted by atomic mass is 10.0. The summed E-state index contributed by atoms with van der Waals surface area (Å²) in [6.07, 6.45) is 0. The number of hydrogen-bond acceptors (Lipinski definition) is 3. The van der Waals surface area contributed by atoms with Gasteiger partial charge in [0.1, 0.15) is 11.3 Å². The molecule has 0 fully saturated rings. The Morgan fingerprint density at radius 1 is 1.15 bits per heavy atom. The SMILES string of the molecule is Cc1nn(-c2ccc(OC(F)F)c(-c3ccccc3)c2)c(C)c1C(=O)O. The fourth-order valence-corrected chi connectivity index (χ4v) is 2.90. The number of hydrogen-bond donors (Lipinski definition) is 1. The van der Waals surface area contributed by atoms with E-state index in [1.165, 1.54) is 10.7 Å². The lowest BCUT2D eigenvalue weighted by molar-refractivity contribution is -0.0494. The fraction of sp³-hybridized carbons (Fsp3) is 0.158. The van der Waals surface area contributed by atoms with Gasteiger partial charge in [0.2, 0.25) is 0 Å². The average molecular weight is 358 g/mol. The summed E-state index contributed by atoms with van der Waals surface area (Å²) in [5.74, 6) is -1.03. The second-order valence-corrected chi connectivity index (χ2v) is 5.69. The zero-order chi connectivity index (χ0) is 18.8. The Morgan fingerprint density at radius 3 is 2.42 bits per heavy atom. The van der Waals surface area contributed by atoms with E-state index in [4.69, 9.17) is 0 Å². The molecule has 7 heteroatoms. The number of alkyl halides is 2. The van der Waals surface area contributed by atoms with Crippen LogP contribution in [0.5, 0.6) is 5.75 Å². The highest BCUT2D eigenvalue weighted by Crippen LogP contribution is 2.33. The van der Waals surface area contributed by atoms with Gasteiger partial charge in [-0.2, -0.15) is 13.9 Å². The van der Waals surface area contributed by atoms with Crippen molar-refractivity contribution in [2.75, 3.05) is 0 Å². The number of carboxylic acid groups (broad SMARTS) is 1. The Bertz CT molecular complexity index is 953. The molecular weight excluding hydrogens is 342 g/mol. The van der Waals surface area contributed by atoms with Crippen LogP contribution in [0, 0.1) is 13.8 Å². The number of aromatic nitrogens is 2. The van der Waals surface area contributed by atoms with E-state index in [1.54, 1.807) is 50.2 Å². The van der Waals surface area contributed by atoms with Gasteiger partial charge in [0.15, 0.2) is 0 Å². The molecule has 0 aliphatic rings. The largest absolute Gasteiger partial charge is 0.478 e. The number of carbonyl (C=O) groups is 1. The minimum Gasteiger partial charge on any atom is -0.478 e. The molecule has 134 valence electrons. The van der Waals surface area contributed by atoms with E-state index in [2.05, 4.69) is 9.84 Å². The molecule has 0 spiro atoms. The molecule has 26 heavy (non-hydrogen) atoms. The maximum Gasteiger partial charge on any atom is 0.387 e. The molecule has 3 rings (SSSR count). The molecule has 0 bridgehead atoms. The molecule has 0 saturated heterocycles. The summed E-state index contributed by atoms with van der Waals surface area (Å²) in [7, 11) is 0. The number of aromatic carboxylic acids is 1. The number of ether oxygens (including phenoxy) is 1. The number of carboxylic acids is 1. The van der Waals surface area contributed by atoms with Crippen molar-refractivity contribution in [3.05, 3.63) is 65.5 Å². The normalized spacial score (nSPS) is 11.0. The summed E-state index contributed by atoms with van der Waals surface area (Å²) in [6, 6.07) is 13.6. The van der Waals surface area contributed by atoms with Crippen molar-refractivity contribution < 1.29 is 23.4 Å². The van der Waals surface area contributed by atoms with Crippen LogP contribution in [0.1, 0.15) is 21.7 Å². The quantitative estimate of drug-likeness (QED) is 0.732. The van der Waals surface area contributed by atoms with Gasteiger partial charge in [-0.05, 0) is 37.6 Å². The maximum atomic E-state index is 12.7. The van der Waals surface area contributed by atoms with Crippen molar-refractivity contribution >= 4 is 5.97 Å². The van der Waals surface area contributed by atoms with Gasteiger partial charge in [0.25, 0.3) is 0 Å². The molecular formula is C19H16F2N2O3. The first-order chi connectivity index (χ1) is 12.4. The first-order valence-corrected chi connectivity index (χ1v) is 7.82. The fourth-order valence-electron chi connectivity index (χ4n) is 2.90. The Balaban J connectivity index is 2.16. The van der Waals surface area contributed by atoms with E-state index >= 15 is 0 Å². The molecule has 5 nitrogen and oxygen atoms in total. The van der Waals surface area contributed by atoms with Crippen molar-refractivity contribution in [3.63, 3.8) is 0 Å². The summed E-state index contributed by atoms with van der Waals surface area (Å²) in [5, 5.41) is 13.6. The predicted octanol–water partition coefficient (Wildman–Crippen LogP) is 4.46. The number of benzene rings is 2. The molecule has 1 heterocycles. The third-order valence-electron chi connectivity index (χ3n) is 4.01. The van der Waals surface area contributed by atoms with Crippen LogP contribution in [0.3, 0.4) is 0 Å². The molecule has 0 radical (unpaired) electrons. The van der Waals surface area contributed by atoms with Crippen LogP contribution in [0.2, 0.25) is 0 Å². The van der Waals surface area contributed by atoms with Crippen LogP contribution >= 0.6 is 0 Å². The van der Waals surface area contributed by atoms with E-state index in [-0.39, 0.29) is 11.3 Å². The number of rotatable bonds is 5. The first kappa shape index (κ1) is 17.6. The standard InChI is InChI=1S/C19H16F2N2O3/c1-11-17(18(24)25)12(2)23(22-11)14-8-9-16(26-19(20)21)15(10-14)13-6-4-3-5-7-13/h3-10,19H,1-2H3,(H,24,25). The van der Waals surface area contributed by atoms with Crippen LogP contribution in [0.25, 0.3) is 16.8 Å². The Kier molecular flexibility index (Phi) is 4.71. The zero-order valence-electron chi connectivity index (χ0n) is 14.1. The van der Waals surface area contributed by atoms with Crippen molar-refractivity contribution in [2.24, 2.45) is 0 Å².